The molecule has 2 aliphatic heterocycles. The number of nitrogens with zero attached hydrogens (tertiary/aromatic N) is 1. The molecule has 1 fully saturated rings. The third-order valence-electron chi connectivity index (χ3n) is 6.34. The largest absolute Gasteiger partial charge is 0.489 e. The molecule has 32 heavy (non-hydrogen) atoms. The zero-order chi connectivity index (χ0) is 22.3. The highest BCUT2D eigenvalue weighted by Crippen LogP contribution is 2.34. The van der Waals surface area contributed by atoms with Crippen LogP contribution in [0.5, 0.6) is 5.75 Å². The van der Waals surface area contributed by atoms with Crippen LogP contribution in [-0.4, -0.2) is 49.0 Å². The maximum Gasteiger partial charge on any atom is 0.257 e. The summed E-state index contributed by atoms with van der Waals surface area (Å²) in [4.78, 5) is 27.9. The molecule has 4 rings (SSSR count). The lowest BCUT2D eigenvalue weighted by atomic mass is 9.89. The first-order valence-corrected chi connectivity index (χ1v) is 11.4. The summed E-state index contributed by atoms with van der Waals surface area (Å²) in [7, 11) is 0. The molecular weight excluding hydrogens is 402 g/mol. The first-order valence-electron chi connectivity index (χ1n) is 11.4. The number of nitrogens with one attached hydrogen (secondary N) is 1. The van der Waals surface area contributed by atoms with Gasteiger partial charge in [-0.05, 0) is 37.0 Å². The second-order valence-corrected chi connectivity index (χ2v) is 8.55. The van der Waals surface area contributed by atoms with E-state index in [1.165, 1.54) is 5.56 Å². The molecule has 0 aliphatic carbocycles. The van der Waals surface area contributed by atoms with E-state index in [4.69, 9.17) is 10.5 Å². The molecule has 0 saturated carbocycles. The first-order chi connectivity index (χ1) is 15.6. The summed E-state index contributed by atoms with van der Waals surface area (Å²) in [6, 6.07) is 17.1. The average Bonchev–Trinajstić information content (AvgIpc) is 3.26. The lowest BCUT2D eigenvalue weighted by molar-refractivity contribution is -0.122. The third kappa shape index (κ3) is 5.19. The Bertz CT molecular complexity index is 960. The Kier molecular flexibility index (Phi) is 7.22. The van der Waals surface area contributed by atoms with E-state index in [-0.39, 0.29) is 23.7 Å². The Labute approximate surface area is 189 Å². The molecule has 0 aromatic heterocycles. The van der Waals surface area contributed by atoms with Crippen LogP contribution in [0.4, 0.5) is 0 Å². The number of carbonyl (C=O) groups is 2. The fraction of sp³-hybridized carbons (Fsp3) is 0.385. The molecule has 1 unspecified atom stereocenters. The molecule has 0 radical (unpaired) electrons. The predicted molar refractivity (Wildman–Crippen MR) is 124 cm³/mol. The van der Waals surface area contributed by atoms with Gasteiger partial charge >= 0.3 is 0 Å². The minimum Gasteiger partial charge on any atom is -0.489 e. The summed E-state index contributed by atoms with van der Waals surface area (Å²) in [6.07, 6.45) is 6.28. The first kappa shape index (κ1) is 22.1. The number of allylic oxidation sites excluding steroid dienone is 1. The summed E-state index contributed by atoms with van der Waals surface area (Å²) in [5, 5.41) is 3.04. The zero-order valence-corrected chi connectivity index (χ0v) is 18.3. The minimum absolute atomic E-state index is 0.0413. The Hall–Kier alpha value is -3.12. The van der Waals surface area contributed by atoms with Crippen LogP contribution in [0.1, 0.15) is 41.1 Å². The molecule has 2 bridgehead atoms. The Morgan fingerprint density at radius 1 is 0.969 bits per heavy atom. The molecule has 0 spiro atoms. The van der Waals surface area contributed by atoms with Crippen molar-refractivity contribution in [2.24, 2.45) is 11.7 Å². The topological polar surface area (TPSA) is 84.7 Å². The van der Waals surface area contributed by atoms with E-state index in [1.54, 1.807) is 0 Å². The molecule has 6 nitrogen and oxygen atoms in total. The lowest BCUT2D eigenvalue weighted by Gasteiger charge is -2.20. The van der Waals surface area contributed by atoms with Crippen LogP contribution in [-0.2, 0) is 4.79 Å². The van der Waals surface area contributed by atoms with Crippen molar-refractivity contribution in [2.75, 3.05) is 26.2 Å². The van der Waals surface area contributed by atoms with E-state index in [1.807, 2.05) is 59.5 Å². The van der Waals surface area contributed by atoms with E-state index >= 15 is 0 Å². The van der Waals surface area contributed by atoms with Crippen LogP contribution in [0.25, 0.3) is 0 Å². The van der Waals surface area contributed by atoms with Crippen molar-refractivity contribution in [2.45, 2.75) is 31.2 Å². The van der Waals surface area contributed by atoms with Crippen LogP contribution < -0.4 is 15.8 Å². The normalized spacial score (nSPS) is 25.9. The van der Waals surface area contributed by atoms with Crippen LogP contribution in [0.15, 0.2) is 66.7 Å². The monoisotopic (exact) mass is 433 g/mol. The van der Waals surface area contributed by atoms with Crippen LogP contribution in [0.2, 0.25) is 0 Å². The van der Waals surface area contributed by atoms with Crippen LogP contribution in [0.3, 0.4) is 0 Å². The number of nitrogens with two attached hydrogens (primary N) is 1. The van der Waals surface area contributed by atoms with Crippen molar-refractivity contribution in [1.82, 2.24) is 10.2 Å². The molecular formula is C26H31N3O3. The highest BCUT2D eigenvalue weighted by molar-refractivity contribution is 5.97. The molecule has 3 N–H and O–H groups in total. The molecule has 1 saturated heterocycles. The summed E-state index contributed by atoms with van der Waals surface area (Å²) < 4.78 is 5.91. The van der Waals surface area contributed by atoms with Crippen molar-refractivity contribution in [3.8, 4) is 5.75 Å². The molecule has 168 valence electrons. The molecule has 6 heteroatoms. The van der Waals surface area contributed by atoms with E-state index in [0.717, 1.165) is 12.8 Å². The number of ether oxygens (including phenoxy) is 1. The number of benzene rings is 2. The van der Waals surface area contributed by atoms with Gasteiger partial charge in [0.1, 0.15) is 12.4 Å². The summed E-state index contributed by atoms with van der Waals surface area (Å²) in [5.41, 5.74) is 7.86. The van der Waals surface area contributed by atoms with E-state index < -0.39 is 6.04 Å². The molecule has 2 amide bonds. The molecule has 2 aromatic carbocycles. The van der Waals surface area contributed by atoms with Crippen molar-refractivity contribution in [3.05, 3.63) is 77.9 Å². The Morgan fingerprint density at radius 3 is 2.59 bits per heavy atom. The number of amides is 2. The summed E-state index contributed by atoms with van der Waals surface area (Å²) in [5.74, 6) is 0.694. The fourth-order valence-corrected chi connectivity index (χ4v) is 4.53. The van der Waals surface area contributed by atoms with E-state index in [9.17, 15) is 9.59 Å². The lowest BCUT2D eigenvalue weighted by Crippen LogP contribution is -2.43. The smallest absolute Gasteiger partial charge is 0.257 e. The van der Waals surface area contributed by atoms with Gasteiger partial charge in [0.05, 0.1) is 11.6 Å². The quantitative estimate of drug-likeness (QED) is 0.677. The zero-order valence-electron chi connectivity index (χ0n) is 18.3. The number of hydrogen-bond donors (Lipinski definition) is 2. The van der Waals surface area contributed by atoms with Gasteiger partial charge in [0.25, 0.3) is 5.91 Å². The second-order valence-electron chi connectivity index (χ2n) is 8.55. The maximum atomic E-state index is 13.5. The van der Waals surface area contributed by atoms with Crippen molar-refractivity contribution < 1.29 is 14.3 Å². The number of rotatable bonds is 1. The third-order valence-corrected chi connectivity index (χ3v) is 6.34. The number of para-hydroxylation sites is 1. The van der Waals surface area contributed by atoms with Gasteiger partial charge in [-0.25, -0.2) is 0 Å². The Morgan fingerprint density at radius 2 is 1.75 bits per heavy atom. The minimum atomic E-state index is -0.520. The number of carbonyl (C=O) groups excluding carboxylic acids is 2. The van der Waals surface area contributed by atoms with Gasteiger partial charge in [0, 0.05) is 31.5 Å². The predicted octanol–water partition coefficient (Wildman–Crippen LogP) is 3.10. The summed E-state index contributed by atoms with van der Waals surface area (Å²) in [6.45, 7) is 2.06. The van der Waals surface area contributed by atoms with Gasteiger partial charge in [-0.2, -0.15) is 0 Å². The fourth-order valence-electron chi connectivity index (χ4n) is 4.53. The van der Waals surface area contributed by atoms with Gasteiger partial charge in [0.15, 0.2) is 0 Å². The van der Waals surface area contributed by atoms with E-state index in [2.05, 4.69) is 17.4 Å². The van der Waals surface area contributed by atoms with Crippen molar-refractivity contribution >= 4 is 11.8 Å². The van der Waals surface area contributed by atoms with E-state index in [0.29, 0.717) is 44.0 Å². The highest BCUT2D eigenvalue weighted by Gasteiger charge is 2.37. The van der Waals surface area contributed by atoms with Gasteiger partial charge in [0.2, 0.25) is 5.91 Å². The van der Waals surface area contributed by atoms with Crippen molar-refractivity contribution in [3.63, 3.8) is 0 Å². The molecule has 2 aliphatic rings. The van der Waals surface area contributed by atoms with Gasteiger partial charge < -0.3 is 20.7 Å². The van der Waals surface area contributed by atoms with Crippen LogP contribution in [0, 0.1) is 5.92 Å². The van der Waals surface area contributed by atoms with Crippen LogP contribution >= 0.6 is 0 Å². The summed E-state index contributed by atoms with van der Waals surface area (Å²) >= 11 is 0. The number of fused-ring (bicyclic) bond motifs is 3. The van der Waals surface area contributed by atoms with Gasteiger partial charge in [-0.15, -0.1) is 0 Å². The van der Waals surface area contributed by atoms with Gasteiger partial charge in [-0.3, -0.25) is 9.59 Å². The second kappa shape index (κ2) is 10.5. The van der Waals surface area contributed by atoms with Gasteiger partial charge in [-0.1, -0.05) is 54.6 Å². The van der Waals surface area contributed by atoms with Crippen molar-refractivity contribution in [1.29, 1.82) is 0 Å². The molecule has 3 atom stereocenters. The standard InChI is InChI=1S/C26H31N3O3/c27-23-13-6-1-2-9-15-32-24-14-8-7-12-21(24)26(31)29-17-20(16-28-25(23)30)22(18-29)19-10-4-3-5-11-19/h2-5,7-12,14,20,22-23H,1,6,13,15-18,27H2,(H,28,30)/b9-2+/t20-,22+,23?/m0/s1. The SMILES string of the molecule is NC1CCC/C=C/COc2ccccc2C(=O)N2C[C@H](CNC1=O)[C@@H](c1ccccc1)C2. The highest BCUT2D eigenvalue weighted by atomic mass is 16.5. The average molecular weight is 434 g/mol. The Balaban J connectivity index is 1.61. The molecule has 2 aromatic rings. The molecule has 2 heterocycles. The number of hydrogen-bond acceptors (Lipinski definition) is 4. The maximum absolute atomic E-state index is 13.5.